The Kier molecular flexibility index (Phi) is 3.35. The van der Waals surface area contributed by atoms with E-state index in [1.54, 1.807) is 0 Å². The van der Waals surface area contributed by atoms with Gasteiger partial charge in [-0.25, -0.2) is 0 Å². The van der Waals surface area contributed by atoms with Crippen molar-refractivity contribution in [3.8, 4) is 6.07 Å². The molecule has 3 heteroatoms. The molecule has 0 fully saturated rings. The van der Waals surface area contributed by atoms with Gasteiger partial charge in [-0.2, -0.15) is 5.26 Å². The average molecular weight is 291 g/mol. The van der Waals surface area contributed by atoms with E-state index in [1.807, 2.05) is 26.0 Å². The van der Waals surface area contributed by atoms with Gasteiger partial charge in [0.15, 0.2) is 0 Å². The van der Waals surface area contributed by atoms with Gasteiger partial charge in [0.25, 0.3) is 0 Å². The summed E-state index contributed by atoms with van der Waals surface area (Å²) in [5.41, 5.74) is 1.92. The molecule has 0 radical (unpaired) electrons. The van der Waals surface area contributed by atoms with Gasteiger partial charge in [-0.3, -0.25) is 4.99 Å². The predicted molar refractivity (Wildman–Crippen MR) is 73.1 cm³/mol. The Hall–Kier alpha value is -1.14. The van der Waals surface area contributed by atoms with Gasteiger partial charge >= 0.3 is 0 Å². The van der Waals surface area contributed by atoms with Crippen LogP contribution in [0, 0.1) is 16.7 Å². The molecule has 0 aliphatic carbocycles. The van der Waals surface area contributed by atoms with E-state index in [0.717, 1.165) is 28.6 Å². The minimum Gasteiger partial charge on any atom is -0.284 e. The minimum absolute atomic E-state index is 0.126. The second kappa shape index (κ2) is 4.62. The van der Waals surface area contributed by atoms with Crippen molar-refractivity contribution in [3.63, 3.8) is 0 Å². The van der Waals surface area contributed by atoms with Crippen molar-refractivity contribution in [2.24, 2.45) is 10.4 Å². The highest BCUT2D eigenvalue weighted by Gasteiger charge is 2.33. The first kappa shape index (κ1) is 12.3. The fourth-order valence-electron chi connectivity index (χ4n) is 2.07. The van der Waals surface area contributed by atoms with Crippen LogP contribution in [0.1, 0.15) is 32.3 Å². The van der Waals surface area contributed by atoms with Gasteiger partial charge in [0.05, 0.1) is 17.5 Å². The van der Waals surface area contributed by atoms with E-state index in [2.05, 4.69) is 34.1 Å². The van der Waals surface area contributed by atoms with Gasteiger partial charge in [-0.1, -0.05) is 28.1 Å². The third-order valence-corrected chi connectivity index (χ3v) is 3.74. The van der Waals surface area contributed by atoms with Crippen molar-refractivity contribution in [2.45, 2.75) is 32.7 Å². The van der Waals surface area contributed by atoms with Gasteiger partial charge in [-0.15, -0.1) is 0 Å². The van der Waals surface area contributed by atoms with Crippen LogP contribution in [-0.2, 0) is 0 Å². The van der Waals surface area contributed by atoms with Crippen molar-refractivity contribution in [1.82, 2.24) is 0 Å². The molecule has 0 spiro atoms. The molecule has 1 atom stereocenters. The summed E-state index contributed by atoms with van der Waals surface area (Å²) in [7, 11) is 0. The molecule has 88 valence electrons. The van der Waals surface area contributed by atoms with E-state index < -0.39 is 0 Å². The van der Waals surface area contributed by atoms with E-state index in [1.165, 1.54) is 0 Å². The van der Waals surface area contributed by atoms with Crippen LogP contribution in [0.4, 0.5) is 0 Å². The van der Waals surface area contributed by atoms with Crippen LogP contribution in [0.5, 0.6) is 0 Å². The van der Waals surface area contributed by atoms with Crippen molar-refractivity contribution in [2.75, 3.05) is 0 Å². The smallest absolute Gasteiger partial charge is 0.0741 e. The lowest BCUT2D eigenvalue weighted by molar-refractivity contribution is 0.384. The molecule has 0 bridgehead atoms. The maximum absolute atomic E-state index is 9.13. The summed E-state index contributed by atoms with van der Waals surface area (Å²) in [6.45, 7) is 3.93. The topological polar surface area (TPSA) is 36.1 Å². The monoisotopic (exact) mass is 290 g/mol. The Bertz CT molecular complexity index is 497. The summed E-state index contributed by atoms with van der Waals surface area (Å²) >= 11 is 3.47. The van der Waals surface area contributed by atoms with Crippen LogP contribution in [0.15, 0.2) is 33.7 Å². The number of nitriles is 1. The minimum atomic E-state index is -0.367. The fourth-order valence-corrected chi connectivity index (χ4v) is 2.47. The van der Waals surface area contributed by atoms with Gasteiger partial charge in [0.1, 0.15) is 0 Å². The maximum Gasteiger partial charge on any atom is 0.0741 e. The first-order valence-corrected chi connectivity index (χ1v) is 6.56. The van der Waals surface area contributed by atoms with E-state index in [0.29, 0.717) is 0 Å². The highest BCUT2D eigenvalue weighted by Crippen LogP contribution is 2.32. The fraction of sp³-hybridized carbons (Fsp3) is 0.429. The van der Waals surface area contributed by atoms with Gasteiger partial charge in [0, 0.05) is 10.2 Å². The normalized spacial score (nSPS) is 19.9. The SMILES string of the molecule is CC(C)(C#N)[C@H]1CCC(c2cccc(Br)c2)=N1. The number of halogens is 1. The lowest BCUT2D eigenvalue weighted by Gasteiger charge is -2.20. The van der Waals surface area contributed by atoms with Crippen LogP contribution in [0.3, 0.4) is 0 Å². The number of benzene rings is 1. The number of hydrogen-bond acceptors (Lipinski definition) is 2. The van der Waals surface area contributed by atoms with E-state index in [9.17, 15) is 0 Å². The molecule has 0 amide bonds. The van der Waals surface area contributed by atoms with Crippen LogP contribution >= 0.6 is 15.9 Å². The molecule has 1 aliphatic heterocycles. The molecule has 0 saturated carbocycles. The number of nitrogens with zero attached hydrogens (tertiary/aromatic N) is 2. The van der Waals surface area contributed by atoms with Gasteiger partial charge < -0.3 is 0 Å². The molecule has 0 saturated heterocycles. The lowest BCUT2D eigenvalue weighted by Crippen LogP contribution is -2.23. The average Bonchev–Trinajstić information content (AvgIpc) is 2.79. The van der Waals surface area contributed by atoms with Crippen molar-refractivity contribution < 1.29 is 0 Å². The largest absolute Gasteiger partial charge is 0.284 e. The Morgan fingerprint density at radius 1 is 1.47 bits per heavy atom. The summed E-state index contributed by atoms with van der Waals surface area (Å²) in [6, 6.07) is 10.7. The molecule has 0 unspecified atom stereocenters. The standard InChI is InChI=1S/C14H15BrN2/c1-14(2,9-16)13-7-6-12(17-13)10-4-3-5-11(15)8-10/h3-5,8,13H,6-7H2,1-2H3/t13-/m1/s1. The van der Waals surface area contributed by atoms with Crippen molar-refractivity contribution in [1.29, 1.82) is 5.26 Å². The Morgan fingerprint density at radius 2 is 2.24 bits per heavy atom. The first-order chi connectivity index (χ1) is 8.03. The summed E-state index contributed by atoms with van der Waals surface area (Å²) in [5.74, 6) is 0. The molecule has 1 aromatic carbocycles. The molecule has 0 N–H and O–H groups in total. The zero-order chi connectivity index (χ0) is 12.5. The van der Waals surface area contributed by atoms with E-state index in [4.69, 9.17) is 10.3 Å². The molecule has 2 nitrogen and oxygen atoms in total. The van der Waals surface area contributed by atoms with E-state index in [-0.39, 0.29) is 11.5 Å². The van der Waals surface area contributed by atoms with Crippen LogP contribution in [-0.4, -0.2) is 11.8 Å². The summed E-state index contributed by atoms with van der Waals surface area (Å²) in [4.78, 5) is 4.72. The molecule has 1 aromatic rings. The highest BCUT2D eigenvalue weighted by atomic mass is 79.9. The van der Waals surface area contributed by atoms with Crippen LogP contribution in [0.2, 0.25) is 0 Å². The van der Waals surface area contributed by atoms with Crippen molar-refractivity contribution in [3.05, 3.63) is 34.3 Å². The molecule has 17 heavy (non-hydrogen) atoms. The maximum atomic E-state index is 9.13. The molecular weight excluding hydrogens is 276 g/mol. The van der Waals surface area contributed by atoms with Gasteiger partial charge in [-0.05, 0) is 44.4 Å². The Labute approximate surface area is 111 Å². The zero-order valence-corrected chi connectivity index (χ0v) is 11.7. The van der Waals surface area contributed by atoms with E-state index >= 15 is 0 Å². The number of rotatable bonds is 2. The summed E-state index contributed by atoms with van der Waals surface area (Å²) in [5, 5.41) is 9.13. The molecule has 0 aromatic heterocycles. The quantitative estimate of drug-likeness (QED) is 0.812. The Morgan fingerprint density at radius 3 is 2.88 bits per heavy atom. The number of hydrogen-bond donors (Lipinski definition) is 0. The number of aliphatic imine (C=N–C) groups is 1. The molecule has 1 heterocycles. The summed E-state index contributed by atoms with van der Waals surface area (Å²) < 4.78 is 1.07. The van der Waals surface area contributed by atoms with Gasteiger partial charge in [0.2, 0.25) is 0 Å². The second-order valence-corrected chi connectivity index (χ2v) is 5.89. The third kappa shape index (κ3) is 2.58. The molecular formula is C14H15BrN2. The lowest BCUT2D eigenvalue weighted by atomic mass is 9.85. The first-order valence-electron chi connectivity index (χ1n) is 5.77. The predicted octanol–water partition coefficient (Wildman–Crippen LogP) is 3.95. The Balaban J connectivity index is 2.26. The van der Waals surface area contributed by atoms with Crippen molar-refractivity contribution >= 4 is 21.6 Å². The third-order valence-electron chi connectivity index (χ3n) is 3.25. The molecule has 2 rings (SSSR count). The zero-order valence-electron chi connectivity index (χ0n) is 10.1. The molecule has 1 aliphatic rings. The van der Waals surface area contributed by atoms with Crippen LogP contribution in [0.25, 0.3) is 0 Å². The second-order valence-electron chi connectivity index (χ2n) is 4.97. The highest BCUT2D eigenvalue weighted by molar-refractivity contribution is 9.10. The van der Waals surface area contributed by atoms with Crippen LogP contribution < -0.4 is 0 Å². The summed E-state index contributed by atoms with van der Waals surface area (Å²) in [6.07, 6.45) is 1.94.